The van der Waals surface area contributed by atoms with E-state index in [0.29, 0.717) is 80.4 Å². The van der Waals surface area contributed by atoms with Crippen molar-refractivity contribution in [1.29, 1.82) is 0 Å². The summed E-state index contributed by atoms with van der Waals surface area (Å²) < 4.78 is 109. The summed E-state index contributed by atoms with van der Waals surface area (Å²) in [5.41, 5.74) is 8.02. The average Bonchev–Trinajstić information content (AvgIpc) is 3.78. The predicted octanol–water partition coefficient (Wildman–Crippen LogP) is 5.40. The molecule has 3 aromatic heterocycles. The van der Waals surface area contributed by atoms with Gasteiger partial charge in [-0.1, -0.05) is 36.4 Å². The van der Waals surface area contributed by atoms with Crippen molar-refractivity contribution < 1.29 is 48.7 Å². The highest BCUT2D eigenvalue weighted by Crippen LogP contribution is 2.31. The Bertz CT molecular complexity index is 2340. The van der Waals surface area contributed by atoms with Crippen LogP contribution in [0.2, 0.25) is 0 Å². The predicted molar refractivity (Wildman–Crippen MR) is 211 cm³/mol. The number of pyridine rings is 2. The maximum atomic E-state index is 13.4. The van der Waals surface area contributed by atoms with Crippen molar-refractivity contribution in [1.82, 2.24) is 20.2 Å². The molecule has 314 valence electrons. The normalized spacial score (nSPS) is 15.5. The number of ketones is 1. The van der Waals surface area contributed by atoms with Crippen molar-refractivity contribution in [3.05, 3.63) is 120 Å². The van der Waals surface area contributed by atoms with Gasteiger partial charge in [0.2, 0.25) is 25.9 Å². The van der Waals surface area contributed by atoms with Gasteiger partial charge in [0.15, 0.2) is 5.78 Å². The van der Waals surface area contributed by atoms with Crippen molar-refractivity contribution >= 4 is 37.2 Å². The summed E-state index contributed by atoms with van der Waals surface area (Å²) in [6, 6.07) is 23.9. The quantitative estimate of drug-likeness (QED) is 0.148. The number of nitrogens with two attached hydrogens (primary N) is 1. The molecule has 2 aromatic carbocycles. The van der Waals surface area contributed by atoms with Crippen LogP contribution < -0.4 is 14.3 Å². The molecule has 2 fully saturated rings. The molecule has 0 radical (unpaired) electrons. The Morgan fingerprint density at radius 1 is 0.678 bits per heavy atom. The van der Waals surface area contributed by atoms with Gasteiger partial charge in [0, 0.05) is 44.4 Å². The van der Waals surface area contributed by atoms with Crippen LogP contribution in [0.25, 0.3) is 11.5 Å². The van der Waals surface area contributed by atoms with E-state index in [1.54, 1.807) is 66.7 Å². The number of aromatic nitrogens is 4. The molecule has 5 heterocycles. The minimum Gasteiger partial charge on any atom is -0.413 e. The Hall–Kier alpha value is -5.28. The maximum absolute atomic E-state index is 13.4. The van der Waals surface area contributed by atoms with E-state index < -0.39 is 42.6 Å². The van der Waals surface area contributed by atoms with Crippen LogP contribution in [0, 0.1) is 0 Å². The fraction of sp³-hybridized carbons (Fsp3) is 0.359. The monoisotopic (exact) mass is 857 g/mol. The molecule has 15 nitrogen and oxygen atoms in total. The van der Waals surface area contributed by atoms with E-state index in [-0.39, 0.29) is 36.9 Å². The summed E-state index contributed by atoms with van der Waals surface area (Å²) in [5, 5.41) is 5.33. The van der Waals surface area contributed by atoms with Crippen LogP contribution in [0.5, 0.6) is 0 Å². The van der Waals surface area contributed by atoms with Crippen LogP contribution in [-0.4, -0.2) is 86.3 Å². The Morgan fingerprint density at radius 3 is 1.54 bits per heavy atom. The lowest BCUT2D eigenvalue weighted by atomic mass is 10.2. The number of ether oxygens (including phenoxy) is 2. The number of hydrogen-bond donors (Lipinski definition) is 1. The van der Waals surface area contributed by atoms with E-state index in [1.165, 1.54) is 33.1 Å². The molecule has 2 aliphatic rings. The second kappa shape index (κ2) is 19.2. The first-order valence-electron chi connectivity index (χ1n) is 18.6. The van der Waals surface area contributed by atoms with Crippen LogP contribution in [0.15, 0.2) is 102 Å². The van der Waals surface area contributed by atoms with Gasteiger partial charge in [-0.05, 0) is 74.2 Å². The molecule has 0 spiro atoms. The highest BCUT2D eigenvalue weighted by molar-refractivity contribution is 7.93. The lowest BCUT2D eigenvalue weighted by Crippen LogP contribution is -2.41. The van der Waals surface area contributed by atoms with Gasteiger partial charge in [0.1, 0.15) is 0 Å². The number of halogens is 3. The summed E-state index contributed by atoms with van der Waals surface area (Å²) in [6.07, 6.45) is -0.283. The van der Waals surface area contributed by atoms with Gasteiger partial charge in [-0.25, -0.2) is 16.8 Å². The van der Waals surface area contributed by atoms with Crippen LogP contribution in [0.4, 0.5) is 24.5 Å². The maximum Gasteiger partial charge on any atom is 0.470 e. The van der Waals surface area contributed by atoms with Crippen molar-refractivity contribution in [2.24, 2.45) is 5.73 Å². The smallest absolute Gasteiger partial charge is 0.413 e. The second-order valence-corrected chi connectivity index (χ2v) is 17.8. The largest absolute Gasteiger partial charge is 0.470 e. The van der Waals surface area contributed by atoms with E-state index in [2.05, 4.69) is 24.6 Å². The number of rotatable bonds is 13. The van der Waals surface area contributed by atoms with Gasteiger partial charge in [0.05, 0.1) is 58.5 Å². The van der Waals surface area contributed by atoms with E-state index in [1.807, 2.05) is 6.07 Å². The van der Waals surface area contributed by atoms with Gasteiger partial charge in [-0.15, -0.1) is 10.2 Å². The summed E-state index contributed by atoms with van der Waals surface area (Å²) in [5.74, 6) is -1.98. The van der Waals surface area contributed by atoms with E-state index in [0.717, 1.165) is 0 Å². The van der Waals surface area contributed by atoms with Crippen LogP contribution in [0.1, 0.15) is 53.3 Å². The zero-order valence-corrected chi connectivity index (χ0v) is 33.3. The number of anilines is 2. The summed E-state index contributed by atoms with van der Waals surface area (Å²) in [6.45, 7) is 1.62. The van der Waals surface area contributed by atoms with Crippen LogP contribution in [0.3, 0.4) is 0 Å². The molecule has 2 saturated heterocycles. The minimum atomic E-state index is -4.74. The Labute approximate surface area is 339 Å². The van der Waals surface area contributed by atoms with E-state index in [4.69, 9.17) is 15.2 Å². The van der Waals surface area contributed by atoms with Crippen molar-refractivity contribution in [2.75, 3.05) is 41.6 Å². The first kappa shape index (κ1) is 43.3. The molecule has 7 rings (SSSR count). The number of para-hydroxylation sites is 2. The highest BCUT2D eigenvalue weighted by Gasteiger charge is 2.39. The van der Waals surface area contributed by atoms with Crippen molar-refractivity contribution in [3.63, 3.8) is 0 Å². The van der Waals surface area contributed by atoms with Gasteiger partial charge < -0.3 is 19.6 Å². The molecule has 20 heteroatoms. The number of Topliss-reactive ketones (excluding diaryl/α,β-unsaturated/α-hetero) is 1. The number of alkyl halides is 3. The standard InChI is InChI=1S/C20H19F3N4O4S.C19H23N3O4S/c21-20(22,23)19-26-25-18(31-19)14-6-7-15(24-12-14)13-27(16-4-2-1-3-5-16)32(28,29)17-8-10-30-11-9-17;20-12-19(23)15-6-7-16(21-13-15)14-22(17-4-2-1-3-5-17)27(24,25)18-8-10-26-11-9-18/h1-7,12,17H,8-11,13H2;1-7,13,18H,8-12,14,20H2. The number of sulfonamides is 2. The molecule has 2 N–H and O–H groups in total. The molecule has 0 bridgehead atoms. The molecule has 2 aliphatic heterocycles. The molecule has 0 aliphatic carbocycles. The third-order valence-electron chi connectivity index (χ3n) is 9.56. The molecule has 5 aromatic rings. The Morgan fingerprint density at radius 2 is 1.15 bits per heavy atom. The Kier molecular flexibility index (Phi) is 14.1. The zero-order chi connectivity index (χ0) is 42.0. The second-order valence-electron chi connectivity index (χ2n) is 13.5. The molecule has 0 amide bonds. The van der Waals surface area contributed by atoms with Crippen molar-refractivity contribution in [2.45, 2.75) is 55.4 Å². The van der Waals surface area contributed by atoms with E-state index >= 15 is 0 Å². The average molecular weight is 858 g/mol. The van der Waals surface area contributed by atoms with E-state index in [9.17, 15) is 34.8 Å². The summed E-state index contributed by atoms with van der Waals surface area (Å²) in [7, 11) is -7.28. The number of carbonyl (C=O) groups is 1. The van der Waals surface area contributed by atoms with Gasteiger partial charge >= 0.3 is 12.1 Å². The van der Waals surface area contributed by atoms with Gasteiger partial charge in [-0.3, -0.25) is 23.4 Å². The minimum absolute atomic E-state index is 0.0401. The first-order valence-corrected chi connectivity index (χ1v) is 21.6. The number of benzene rings is 2. The number of carbonyl (C=O) groups excluding carboxylic acids is 1. The van der Waals surface area contributed by atoms with Crippen LogP contribution in [-0.2, 0) is 48.8 Å². The fourth-order valence-electron chi connectivity index (χ4n) is 6.35. The lowest BCUT2D eigenvalue weighted by molar-refractivity contribution is -0.156. The SMILES string of the molecule is NCC(=O)c1ccc(CN(c2ccccc2)S(=O)(=O)C2CCOCC2)nc1.O=S(=O)(C1CCOCC1)N(Cc1ccc(-c2nnc(C(F)(F)F)o2)cn1)c1ccccc1. The molecule has 0 saturated carbocycles. The molecular formula is C39H42F3N7O8S2. The first-order chi connectivity index (χ1) is 28.3. The topological polar surface area (TPSA) is 201 Å². The number of hydrogen-bond acceptors (Lipinski definition) is 13. The summed E-state index contributed by atoms with van der Waals surface area (Å²) in [4.78, 5) is 20.1. The number of nitrogens with zero attached hydrogens (tertiary/aromatic N) is 6. The molecular weight excluding hydrogens is 816 g/mol. The highest BCUT2D eigenvalue weighted by atomic mass is 32.2. The Balaban J connectivity index is 0.000000201. The van der Waals surface area contributed by atoms with Crippen molar-refractivity contribution in [3.8, 4) is 11.5 Å². The molecule has 0 unspecified atom stereocenters. The fourth-order valence-corrected chi connectivity index (χ4v) is 10.1. The van der Waals surface area contributed by atoms with Gasteiger partial charge in [-0.2, -0.15) is 13.2 Å². The lowest BCUT2D eigenvalue weighted by Gasteiger charge is -2.31. The third kappa shape index (κ3) is 10.9. The molecule has 0 atom stereocenters. The van der Waals surface area contributed by atoms with Crippen LogP contribution >= 0.6 is 0 Å². The summed E-state index contributed by atoms with van der Waals surface area (Å²) >= 11 is 0. The van der Waals surface area contributed by atoms with Gasteiger partial charge in [0.25, 0.3) is 0 Å². The third-order valence-corrected chi connectivity index (χ3v) is 14.1. The zero-order valence-electron chi connectivity index (χ0n) is 31.6. The molecule has 59 heavy (non-hydrogen) atoms.